The molecule has 2 aliphatic rings. The summed E-state index contributed by atoms with van der Waals surface area (Å²) in [6.07, 6.45) is 4.56. The normalized spacial score (nSPS) is 18.9. The standard InChI is InChI=1S/C16H12Cl2N2O3/c17-10-5-9(6-11(18)7-10)16(22)19-4-3-15-20-13-2-1-12(21)8-14(13)23-15/h1-2,5-8,15H,3-4H2,(H,19,22). The van der Waals surface area contributed by atoms with E-state index in [0.717, 1.165) is 0 Å². The Labute approximate surface area is 142 Å². The Bertz CT molecular complexity index is 748. The van der Waals surface area contributed by atoms with Crippen molar-refractivity contribution >= 4 is 40.6 Å². The first-order chi connectivity index (χ1) is 11.0. The molecule has 0 spiro atoms. The summed E-state index contributed by atoms with van der Waals surface area (Å²) in [7, 11) is 0. The van der Waals surface area contributed by atoms with Gasteiger partial charge in [0, 0.05) is 34.7 Å². The molecule has 1 atom stereocenters. The fourth-order valence-corrected chi connectivity index (χ4v) is 2.77. The summed E-state index contributed by atoms with van der Waals surface area (Å²) < 4.78 is 5.55. The summed E-state index contributed by atoms with van der Waals surface area (Å²) in [5.74, 6) is 0.0907. The van der Waals surface area contributed by atoms with Crippen LogP contribution in [-0.2, 0) is 9.53 Å². The van der Waals surface area contributed by atoms with Gasteiger partial charge < -0.3 is 10.1 Å². The number of nitrogens with zero attached hydrogens (tertiary/aromatic N) is 1. The number of hydrogen-bond donors (Lipinski definition) is 1. The lowest BCUT2D eigenvalue weighted by molar-refractivity contribution is -0.110. The van der Waals surface area contributed by atoms with Crippen molar-refractivity contribution in [3.8, 4) is 0 Å². The van der Waals surface area contributed by atoms with Gasteiger partial charge in [-0.2, -0.15) is 0 Å². The largest absolute Gasteiger partial charge is 0.466 e. The van der Waals surface area contributed by atoms with E-state index in [1.54, 1.807) is 24.3 Å². The van der Waals surface area contributed by atoms with Crippen LogP contribution in [0.2, 0.25) is 10.0 Å². The van der Waals surface area contributed by atoms with Crippen LogP contribution in [0.15, 0.2) is 47.2 Å². The number of carbonyl (C=O) groups excluding carboxylic acids is 2. The molecule has 23 heavy (non-hydrogen) atoms. The zero-order valence-electron chi connectivity index (χ0n) is 11.9. The van der Waals surface area contributed by atoms with Gasteiger partial charge in [-0.1, -0.05) is 23.2 Å². The molecule has 7 heteroatoms. The number of rotatable bonds is 4. The van der Waals surface area contributed by atoms with Crippen LogP contribution in [-0.4, -0.2) is 30.2 Å². The van der Waals surface area contributed by atoms with Crippen molar-refractivity contribution < 1.29 is 14.3 Å². The maximum atomic E-state index is 12.0. The zero-order chi connectivity index (χ0) is 16.4. The van der Waals surface area contributed by atoms with Crippen molar-refractivity contribution in [3.05, 3.63) is 57.8 Å². The number of aliphatic imine (C=N–C) groups is 1. The Morgan fingerprint density at radius 3 is 2.70 bits per heavy atom. The van der Waals surface area contributed by atoms with Crippen LogP contribution in [0.5, 0.6) is 0 Å². The Balaban J connectivity index is 1.53. The molecule has 1 N–H and O–H groups in total. The summed E-state index contributed by atoms with van der Waals surface area (Å²) in [5.41, 5.74) is 1.05. The van der Waals surface area contributed by atoms with Crippen LogP contribution in [0.1, 0.15) is 16.8 Å². The highest BCUT2D eigenvalue weighted by atomic mass is 35.5. The SMILES string of the molecule is O=C1C=CC2=NC(CCNC(=O)c3cc(Cl)cc(Cl)c3)OC2=C1. The quantitative estimate of drug-likeness (QED) is 0.848. The van der Waals surface area contributed by atoms with Crippen LogP contribution in [0, 0.1) is 0 Å². The van der Waals surface area contributed by atoms with Gasteiger partial charge in [0.15, 0.2) is 17.8 Å². The molecular weight excluding hydrogens is 339 g/mol. The number of fused-ring (bicyclic) bond motifs is 1. The van der Waals surface area contributed by atoms with E-state index >= 15 is 0 Å². The van der Waals surface area contributed by atoms with Gasteiger partial charge >= 0.3 is 0 Å². The van der Waals surface area contributed by atoms with Gasteiger partial charge in [-0.3, -0.25) is 9.59 Å². The van der Waals surface area contributed by atoms with Gasteiger partial charge in [0.2, 0.25) is 0 Å². The molecule has 0 saturated carbocycles. The molecule has 3 rings (SSSR count). The highest BCUT2D eigenvalue weighted by Crippen LogP contribution is 2.22. The number of nitrogens with one attached hydrogen (secondary N) is 1. The number of ketones is 1. The highest BCUT2D eigenvalue weighted by molar-refractivity contribution is 6.35. The molecule has 0 aromatic heterocycles. The van der Waals surface area contributed by atoms with E-state index in [1.807, 2.05) is 0 Å². The van der Waals surface area contributed by atoms with Crippen LogP contribution in [0.25, 0.3) is 0 Å². The molecule has 0 saturated heterocycles. The topological polar surface area (TPSA) is 67.8 Å². The lowest BCUT2D eigenvalue weighted by Crippen LogP contribution is -2.26. The third kappa shape index (κ3) is 3.81. The fourth-order valence-electron chi connectivity index (χ4n) is 2.24. The van der Waals surface area contributed by atoms with Gasteiger partial charge in [-0.15, -0.1) is 0 Å². The van der Waals surface area contributed by atoms with Gasteiger partial charge in [-0.25, -0.2) is 4.99 Å². The first-order valence-corrected chi connectivity index (χ1v) is 7.70. The summed E-state index contributed by atoms with van der Waals surface area (Å²) in [6, 6.07) is 4.66. The highest BCUT2D eigenvalue weighted by Gasteiger charge is 2.24. The van der Waals surface area contributed by atoms with Crippen LogP contribution in [0.4, 0.5) is 0 Å². The number of halogens is 2. The Kier molecular flexibility index (Phi) is 4.50. The third-order valence-electron chi connectivity index (χ3n) is 3.28. The van der Waals surface area contributed by atoms with Crippen LogP contribution in [0.3, 0.4) is 0 Å². The predicted octanol–water partition coefficient (Wildman–Crippen LogP) is 2.93. The first-order valence-electron chi connectivity index (χ1n) is 6.94. The molecule has 1 aromatic rings. The Morgan fingerprint density at radius 2 is 1.96 bits per heavy atom. The molecular formula is C16H12Cl2N2O3. The molecule has 1 amide bonds. The summed E-state index contributed by atoms with van der Waals surface area (Å²) in [6.45, 7) is 0.370. The van der Waals surface area contributed by atoms with Crippen molar-refractivity contribution in [2.75, 3.05) is 6.54 Å². The monoisotopic (exact) mass is 350 g/mol. The number of allylic oxidation sites excluding steroid dienone is 3. The number of carbonyl (C=O) groups is 2. The molecule has 1 aromatic carbocycles. The third-order valence-corrected chi connectivity index (χ3v) is 3.72. The first kappa shape index (κ1) is 15.8. The fraction of sp³-hybridized carbons (Fsp3) is 0.188. The van der Waals surface area contributed by atoms with Crippen molar-refractivity contribution in [1.82, 2.24) is 5.32 Å². The van der Waals surface area contributed by atoms with Crippen molar-refractivity contribution in [2.24, 2.45) is 4.99 Å². The lowest BCUT2D eigenvalue weighted by Gasteiger charge is -2.10. The minimum atomic E-state index is -0.407. The van der Waals surface area contributed by atoms with Crippen LogP contribution >= 0.6 is 23.2 Å². The molecule has 1 aliphatic heterocycles. The molecule has 0 radical (unpaired) electrons. The van der Waals surface area contributed by atoms with E-state index in [0.29, 0.717) is 40.0 Å². The minimum absolute atomic E-state index is 0.120. The average Bonchev–Trinajstić information content (AvgIpc) is 2.87. The van der Waals surface area contributed by atoms with Gasteiger partial charge in [0.05, 0.1) is 0 Å². The molecule has 0 fully saturated rings. The number of hydrogen-bond acceptors (Lipinski definition) is 4. The molecule has 1 aliphatic carbocycles. The van der Waals surface area contributed by atoms with E-state index in [2.05, 4.69) is 10.3 Å². The Morgan fingerprint density at radius 1 is 1.22 bits per heavy atom. The smallest absolute Gasteiger partial charge is 0.251 e. The molecule has 0 bridgehead atoms. The van der Waals surface area contributed by atoms with E-state index in [9.17, 15) is 9.59 Å². The predicted molar refractivity (Wildman–Crippen MR) is 88.0 cm³/mol. The lowest BCUT2D eigenvalue weighted by atomic mass is 10.1. The van der Waals surface area contributed by atoms with Crippen molar-refractivity contribution in [1.29, 1.82) is 0 Å². The summed E-state index contributed by atoms with van der Waals surface area (Å²) in [5, 5.41) is 3.57. The zero-order valence-corrected chi connectivity index (χ0v) is 13.4. The Hall–Kier alpha value is -2.11. The van der Waals surface area contributed by atoms with Crippen molar-refractivity contribution in [2.45, 2.75) is 12.6 Å². The number of benzene rings is 1. The second-order valence-electron chi connectivity index (χ2n) is 5.03. The maximum absolute atomic E-state index is 12.0. The average molecular weight is 351 g/mol. The summed E-state index contributed by atoms with van der Waals surface area (Å²) >= 11 is 11.7. The van der Waals surface area contributed by atoms with E-state index < -0.39 is 6.23 Å². The second-order valence-corrected chi connectivity index (χ2v) is 5.91. The summed E-state index contributed by atoms with van der Waals surface area (Å²) in [4.78, 5) is 27.6. The molecule has 118 valence electrons. The molecule has 1 unspecified atom stereocenters. The van der Waals surface area contributed by atoms with E-state index in [-0.39, 0.29) is 11.7 Å². The van der Waals surface area contributed by atoms with Crippen molar-refractivity contribution in [3.63, 3.8) is 0 Å². The molecule has 5 nitrogen and oxygen atoms in total. The number of ether oxygens (including phenoxy) is 1. The van der Waals surface area contributed by atoms with Gasteiger partial charge in [-0.05, 0) is 30.4 Å². The van der Waals surface area contributed by atoms with Gasteiger partial charge in [0.1, 0.15) is 5.71 Å². The maximum Gasteiger partial charge on any atom is 0.251 e. The van der Waals surface area contributed by atoms with E-state index in [4.69, 9.17) is 27.9 Å². The minimum Gasteiger partial charge on any atom is -0.466 e. The number of amides is 1. The van der Waals surface area contributed by atoms with Crippen LogP contribution < -0.4 is 5.32 Å². The van der Waals surface area contributed by atoms with Gasteiger partial charge in [0.25, 0.3) is 5.91 Å². The second kappa shape index (κ2) is 6.56. The molecule has 1 heterocycles. The van der Waals surface area contributed by atoms with E-state index in [1.165, 1.54) is 12.2 Å².